The van der Waals surface area contributed by atoms with Crippen LogP contribution in [-0.4, -0.2) is 268 Å². The summed E-state index contributed by atoms with van der Waals surface area (Å²) >= 11 is 0. The summed E-state index contributed by atoms with van der Waals surface area (Å²) in [6.07, 6.45) is -30.2. The van der Waals surface area contributed by atoms with Crippen LogP contribution in [0.25, 0.3) is 0 Å². The molecule has 29 heteroatoms. The maximum Gasteiger partial charge on any atom is 0.324 e. The quantitative estimate of drug-likeness (QED) is 0.0354. The summed E-state index contributed by atoms with van der Waals surface area (Å²) < 4.78 is 43.6. The summed E-state index contributed by atoms with van der Waals surface area (Å²) in [5, 5.41) is 102. The van der Waals surface area contributed by atoms with Gasteiger partial charge >= 0.3 is 6.03 Å². The lowest BCUT2D eigenvalue weighted by molar-refractivity contribution is -0.870. The zero-order valence-electron chi connectivity index (χ0n) is 46.3. The van der Waals surface area contributed by atoms with Crippen LogP contribution in [-0.2, 0) is 52.3 Å². The lowest BCUT2D eigenvalue weighted by Gasteiger charge is -2.51. The second kappa shape index (κ2) is 29.9. The number of quaternary nitrogens is 3. The van der Waals surface area contributed by atoms with Crippen LogP contribution in [0.3, 0.4) is 0 Å². The van der Waals surface area contributed by atoms with Crippen molar-refractivity contribution in [1.82, 2.24) is 26.2 Å². The molecule has 6 amide bonds. The highest BCUT2D eigenvalue weighted by molar-refractivity contribution is 5.97. The number of ether oxygens (including phenoxy) is 7. The SMILES string of the molecule is CCNC(=O)N(CCC[N+](C)(C)C)C(=O)C1OC(OC2C(O)C(CO)OC(C(C)C)C2NC(C)=O)C(O)C(O)C1OC1OC(CO)C(O)C(OC2OC(C(=O)NC(C)C([NH3+])C(C)[NH3+])C(C(C)C)C(O)C2O)C1NC(C)=O.[I-]. The van der Waals surface area contributed by atoms with Crippen molar-refractivity contribution in [3.8, 4) is 0 Å². The largest absolute Gasteiger partial charge is 1.00 e. The molecule has 4 rings (SSSR count). The second-order valence-corrected chi connectivity index (χ2v) is 22.3. The molecule has 18 N–H and O–H groups in total. The van der Waals surface area contributed by atoms with Crippen molar-refractivity contribution in [3.05, 3.63) is 0 Å². The van der Waals surface area contributed by atoms with Gasteiger partial charge < -0.3 is 135 Å². The van der Waals surface area contributed by atoms with Crippen LogP contribution >= 0.6 is 0 Å². The van der Waals surface area contributed by atoms with E-state index in [1.54, 1.807) is 41.5 Å². The Labute approximate surface area is 467 Å². The van der Waals surface area contributed by atoms with E-state index in [1.807, 2.05) is 28.1 Å². The fraction of sp³-hybridized carbons (Fsp3) is 0.896. The van der Waals surface area contributed by atoms with Crippen LogP contribution in [0, 0.1) is 17.8 Å². The number of nitrogens with one attached hydrogen (secondary N) is 4. The Balaban J connectivity index is 0.0000156. The highest BCUT2D eigenvalue weighted by Gasteiger charge is 2.58. The number of aliphatic hydroxyl groups excluding tert-OH is 8. The van der Waals surface area contributed by atoms with Crippen LogP contribution in [0.2, 0.25) is 0 Å². The minimum absolute atomic E-state index is 0. The fourth-order valence-electron chi connectivity index (χ4n) is 10.1. The molecule has 0 aromatic heterocycles. The molecule has 77 heavy (non-hydrogen) atoms. The predicted molar refractivity (Wildman–Crippen MR) is 263 cm³/mol. The molecule has 4 saturated heterocycles. The van der Waals surface area contributed by atoms with E-state index in [0.717, 1.165) is 11.8 Å². The van der Waals surface area contributed by atoms with Crippen molar-refractivity contribution in [2.24, 2.45) is 17.8 Å². The van der Waals surface area contributed by atoms with E-state index in [4.69, 9.17) is 33.2 Å². The Morgan fingerprint density at radius 3 is 1.62 bits per heavy atom. The lowest BCUT2D eigenvalue weighted by Crippen LogP contribution is -3.00. The van der Waals surface area contributed by atoms with Gasteiger partial charge in [0, 0.05) is 39.3 Å². The van der Waals surface area contributed by atoms with Gasteiger partial charge in [-0.15, -0.1) is 0 Å². The monoisotopic (exact) mass is 1230 g/mol. The number of carbonyl (C=O) groups excluding carboxylic acids is 5. The van der Waals surface area contributed by atoms with Gasteiger partial charge in [0.15, 0.2) is 31.0 Å². The van der Waals surface area contributed by atoms with Gasteiger partial charge in [-0.2, -0.15) is 0 Å². The van der Waals surface area contributed by atoms with E-state index in [2.05, 4.69) is 32.7 Å². The second-order valence-electron chi connectivity index (χ2n) is 22.3. The molecular formula is C48H91IN8O20+2. The van der Waals surface area contributed by atoms with Gasteiger partial charge in [0.1, 0.15) is 79.2 Å². The third-order valence-electron chi connectivity index (χ3n) is 14.3. The minimum Gasteiger partial charge on any atom is -1.00 e. The molecule has 4 fully saturated rings. The molecule has 4 aliphatic heterocycles. The number of hydrogen-bond acceptors (Lipinski definition) is 20. The normalized spacial score (nSPS) is 36.9. The molecule has 23 atom stereocenters. The minimum atomic E-state index is -2.25. The van der Waals surface area contributed by atoms with E-state index in [-0.39, 0.29) is 61.5 Å². The first kappa shape index (κ1) is 68.6. The van der Waals surface area contributed by atoms with Crippen LogP contribution in [0.1, 0.15) is 68.7 Å². The number of amides is 6. The van der Waals surface area contributed by atoms with Crippen LogP contribution in [0.15, 0.2) is 0 Å². The number of nitrogens with zero attached hydrogens (tertiary/aromatic N) is 2. The number of urea groups is 1. The Morgan fingerprint density at radius 1 is 0.649 bits per heavy atom. The standard InChI is InChI=1S/C48H88N8O20.HI/c1-13-51-48(69)55(15-14-16-56(10,11)12)44(68)42-41(34(64)36(66)47(76-42)73-39-29(53-23(8)59)37(20(4)5)70-25(17-57)31(39)61)75-45-30(54-24(9)60)40(32(62)26(18-58)71-45)74-46-35(65)33(63)27(19(2)3)38(72-46)43(67)52-22(7)28(50)21(6)49;/h19-22,25-42,45-47,57-58,61-66H,13-18,49-50H2,1-12H3,(H3-,51,52,53,54,59,60,67,69);1H/p+2. The number of rotatable bonds is 22. The average molecular weight is 1230 g/mol. The van der Waals surface area contributed by atoms with Crippen molar-refractivity contribution in [1.29, 1.82) is 0 Å². The number of halogens is 1. The fourth-order valence-corrected chi connectivity index (χ4v) is 10.1. The first-order valence-electron chi connectivity index (χ1n) is 26.2. The topological polar surface area (TPSA) is 418 Å². The molecule has 4 heterocycles. The number of hydrogen-bond donors (Lipinski definition) is 14. The number of aliphatic hydroxyl groups is 8. The smallest absolute Gasteiger partial charge is 0.324 e. The molecule has 0 aromatic rings. The van der Waals surface area contributed by atoms with Crippen molar-refractivity contribution in [3.63, 3.8) is 0 Å². The number of imide groups is 1. The maximum atomic E-state index is 15.1. The zero-order valence-corrected chi connectivity index (χ0v) is 48.5. The summed E-state index contributed by atoms with van der Waals surface area (Å²) in [5.74, 6) is -5.01. The predicted octanol–water partition coefficient (Wildman–Crippen LogP) is -10.4. The molecule has 448 valence electrons. The van der Waals surface area contributed by atoms with E-state index < -0.39 is 177 Å². The maximum absolute atomic E-state index is 15.1. The molecule has 0 aromatic carbocycles. The molecule has 0 saturated carbocycles. The first-order valence-corrected chi connectivity index (χ1v) is 26.2. The Morgan fingerprint density at radius 2 is 1.14 bits per heavy atom. The lowest BCUT2D eigenvalue weighted by atomic mass is 9.80. The van der Waals surface area contributed by atoms with Crippen molar-refractivity contribution in [2.75, 3.05) is 54.0 Å². The Kier molecular flexibility index (Phi) is 26.6. The van der Waals surface area contributed by atoms with Crippen molar-refractivity contribution in [2.45, 2.75) is 203 Å². The van der Waals surface area contributed by atoms with Crippen LogP contribution in [0.5, 0.6) is 0 Å². The summed E-state index contributed by atoms with van der Waals surface area (Å²) in [4.78, 5) is 69.3. The zero-order chi connectivity index (χ0) is 57.4. The van der Waals surface area contributed by atoms with Crippen LogP contribution in [0.4, 0.5) is 4.79 Å². The molecule has 0 spiro atoms. The van der Waals surface area contributed by atoms with Gasteiger partial charge in [-0.1, -0.05) is 27.7 Å². The van der Waals surface area contributed by atoms with E-state index >= 15 is 4.79 Å². The highest BCUT2D eigenvalue weighted by Crippen LogP contribution is 2.38. The van der Waals surface area contributed by atoms with Gasteiger partial charge in [0.05, 0.1) is 65.2 Å². The highest BCUT2D eigenvalue weighted by atomic mass is 127. The third-order valence-corrected chi connectivity index (χ3v) is 14.3. The molecule has 23 unspecified atom stereocenters. The summed E-state index contributed by atoms with van der Waals surface area (Å²) in [7, 11) is 5.68. The number of carbonyl (C=O) groups is 5. The Hall–Kier alpha value is -2.64. The molecule has 0 radical (unpaired) electrons. The van der Waals surface area contributed by atoms with Gasteiger partial charge in [-0.3, -0.25) is 24.1 Å². The van der Waals surface area contributed by atoms with E-state index in [1.165, 1.54) is 6.92 Å². The van der Waals surface area contributed by atoms with Gasteiger partial charge in [-0.25, -0.2) is 4.79 Å². The molecular weight excluding hydrogens is 1140 g/mol. The summed E-state index contributed by atoms with van der Waals surface area (Å²) in [6.45, 7) is 13.0. The van der Waals surface area contributed by atoms with Crippen molar-refractivity contribution >= 4 is 29.7 Å². The van der Waals surface area contributed by atoms with Gasteiger partial charge in [-0.05, 0) is 32.6 Å². The summed E-state index contributed by atoms with van der Waals surface area (Å²) in [5.41, 5.74) is 8.07. The van der Waals surface area contributed by atoms with Crippen LogP contribution < -0.4 is 56.7 Å². The third kappa shape index (κ3) is 17.2. The Bertz CT molecular complexity index is 1910. The molecule has 28 nitrogen and oxygen atoms in total. The molecule has 4 aliphatic rings. The van der Waals surface area contributed by atoms with E-state index in [0.29, 0.717) is 11.0 Å². The first-order chi connectivity index (χ1) is 35.4. The van der Waals surface area contributed by atoms with Gasteiger partial charge in [0.2, 0.25) is 17.7 Å². The van der Waals surface area contributed by atoms with E-state index in [9.17, 15) is 60.0 Å². The van der Waals surface area contributed by atoms with Gasteiger partial charge in [0.25, 0.3) is 5.91 Å². The average Bonchev–Trinajstić information content (AvgIpc) is 3.32. The molecule has 0 aliphatic carbocycles. The summed E-state index contributed by atoms with van der Waals surface area (Å²) in [6, 6.07) is -4.84. The molecule has 0 bridgehead atoms. The van der Waals surface area contributed by atoms with Crippen molar-refractivity contribution < 1.29 is 138 Å².